The third-order valence-corrected chi connectivity index (χ3v) is 3.52. The lowest BCUT2D eigenvalue weighted by molar-refractivity contribution is 0.478. The first-order valence-electron chi connectivity index (χ1n) is 5.68. The molecule has 1 aromatic heterocycles. The van der Waals surface area contributed by atoms with E-state index in [-0.39, 0.29) is 12.1 Å². The van der Waals surface area contributed by atoms with Gasteiger partial charge in [0.1, 0.15) is 5.82 Å². The number of imidazole rings is 1. The van der Waals surface area contributed by atoms with Crippen LogP contribution in [0.25, 0.3) is 0 Å². The summed E-state index contributed by atoms with van der Waals surface area (Å²) in [5.41, 5.74) is 1.26. The highest BCUT2D eigenvalue weighted by atomic mass is 79.9. The summed E-state index contributed by atoms with van der Waals surface area (Å²) >= 11 is 3.57. The molecule has 0 radical (unpaired) electrons. The molecule has 0 aliphatic heterocycles. The first-order chi connectivity index (χ1) is 8.18. The lowest BCUT2D eigenvalue weighted by Gasteiger charge is -2.20. The lowest BCUT2D eigenvalue weighted by atomic mass is 10.1. The predicted molar refractivity (Wildman–Crippen MR) is 72.7 cm³/mol. The van der Waals surface area contributed by atoms with Crippen molar-refractivity contribution in [3.8, 4) is 0 Å². The topological polar surface area (TPSA) is 40.7 Å². The Hall–Kier alpha value is -1.13. The van der Waals surface area contributed by atoms with Crippen LogP contribution in [0.4, 0.5) is 0 Å². The maximum absolute atomic E-state index is 4.26. The molecule has 0 saturated heterocycles. The summed E-state index contributed by atoms with van der Waals surface area (Å²) in [4.78, 5) is 7.38. The second-order valence-electron chi connectivity index (χ2n) is 4.11. The highest BCUT2D eigenvalue weighted by Crippen LogP contribution is 2.24. The summed E-state index contributed by atoms with van der Waals surface area (Å²) in [5, 5.41) is 3.52. The molecule has 3 nitrogen and oxygen atoms in total. The van der Waals surface area contributed by atoms with Crippen LogP contribution in [0.15, 0.2) is 41.1 Å². The molecule has 0 aliphatic rings. The van der Waals surface area contributed by atoms with Crippen molar-refractivity contribution in [1.82, 2.24) is 15.3 Å². The van der Waals surface area contributed by atoms with Crippen molar-refractivity contribution in [3.63, 3.8) is 0 Å². The maximum Gasteiger partial charge on any atom is 0.122 e. The molecule has 0 bridgehead atoms. The zero-order valence-corrected chi connectivity index (χ0v) is 11.5. The molecule has 0 unspecified atom stereocenters. The molecule has 2 aromatic rings. The Bertz CT molecular complexity index is 467. The molecular formula is C13H16BrN3. The number of aromatic amines is 1. The van der Waals surface area contributed by atoms with E-state index in [9.17, 15) is 0 Å². The standard InChI is InChI=1S/C13H16BrN3/c1-9(11-5-3-4-6-12(11)14)17-10(2)13-15-7-8-16-13/h3-10,17H,1-2H3,(H,15,16)/t9-,10+/m1/s1. The molecular weight excluding hydrogens is 278 g/mol. The van der Waals surface area contributed by atoms with Gasteiger partial charge in [0.2, 0.25) is 0 Å². The number of H-pyrrole nitrogens is 1. The van der Waals surface area contributed by atoms with Gasteiger partial charge in [-0.2, -0.15) is 0 Å². The molecule has 2 rings (SSSR count). The fraction of sp³-hybridized carbons (Fsp3) is 0.308. The lowest BCUT2D eigenvalue weighted by Crippen LogP contribution is -2.23. The third-order valence-electron chi connectivity index (χ3n) is 2.80. The Morgan fingerprint density at radius 3 is 2.65 bits per heavy atom. The summed E-state index contributed by atoms with van der Waals surface area (Å²) < 4.78 is 1.13. The Labute approximate surface area is 110 Å². The van der Waals surface area contributed by atoms with Gasteiger partial charge in [0, 0.05) is 22.9 Å². The van der Waals surface area contributed by atoms with Crippen molar-refractivity contribution in [2.45, 2.75) is 25.9 Å². The zero-order valence-electron chi connectivity index (χ0n) is 9.94. The summed E-state index contributed by atoms with van der Waals surface area (Å²) in [5.74, 6) is 0.962. The number of nitrogens with one attached hydrogen (secondary N) is 2. The number of rotatable bonds is 4. The van der Waals surface area contributed by atoms with Gasteiger partial charge in [-0.05, 0) is 25.5 Å². The van der Waals surface area contributed by atoms with Crippen molar-refractivity contribution >= 4 is 15.9 Å². The average molecular weight is 294 g/mol. The van der Waals surface area contributed by atoms with Crippen molar-refractivity contribution < 1.29 is 0 Å². The average Bonchev–Trinajstić information content (AvgIpc) is 2.82. The van der Waals surface area contributed by atoms with Crippen LogP contribution in [0.5, 0.6) is 0 Å². The van der Waals surface area contributed by atoms with Gasteiger partial charge in [0.15, 0.2) is 0 Å². The van der Waals surface area contributed by atoms with E-state index in [1.807, 2.05) is 12.3 Å². The number of aromatic nitrogens is 2. The van der Waals surface area contributed by atoms with Crippen LogP contribution in [0, 0.1) is 0 Å². The van der Waals surface area contributed by atoms with Crippen LogP contribution in [-0.4, -0.2) is 9.97 Å². The number of benzene rings is 1. The van der Waals surface area contributed by atoms with Crippen LogP contribution in [0.2, 0.25) is 0 Å². The normalized spacial score (nSPS) is 14.5. The van der Waals surface area contributed by atoms with E-state index < -0.39 is 0 Å². The smallest absolute Gasteiger partial charge is 0.122 e. The second-order valence-corrected chi connectivity index (χ2v) is 4.96. The van der Waals surface area contributed by atoms with Gasteiger partial charge in [-0.15, -0.1) is 0 Å². The van der Waals surface area contributed by atoms with E-state index in [2.05, 4.69) is 63.3 Å². The monoisotopic (exact) mass is 293 g/mol. The number of halogens is 1. The van der Waals surface area contributed by atoms with Gasteiger partial charge in [0.05, 0.1) is 6.04 Å². The minimum absolute atomic E-state index is 0.201. The van der Waals surface area contributed by atoms with Crippen molar-refractivity contribution in [3.05, 3.63) is 52.5 Å². The van der Waals surface area contributed by atoms with E-state index in [0.717, 1.165) is 10.3 Å². The molecule has 0 fully saturated rings. The predicted octanol–water partition coefficient (Wildman–Crippen LogP) is 3.58. The van der Waals surface area contributed by atoms with Gasteiger partial charge >= 0.3 is 0 Å². The quantitative estimate of drug-likeness (QED) is 0.904. The Kier molecular flexibility index (Phi) is 3.97. The van der Waals surface area contributed by atoms with Crippen LogP contribution in [0.3, 0.4) is 0 Å². The van der Waals surface area contributed by atoms with Gasteiger partial charge in [-0.25, -0.2) is 4.98 Å². The molecule has 0 aliphatic carbocycles. The molecule has 0 spiro atoms. The molecule has 90 valence electrons. The molecule has 0 saturated carbocycles. The van der Waals surface area contributed by atoms with E-state index >= 15 is 0 Å². The van der Waals surface area contributed by atoms with E-state index in [1.165, 1.54) is 5.56 Å². The van der Waals surface area contributed by atoms with Crippen LogP contribution in [-0.2, 0) is 0 Å². The molecule has 2 N–H and O–H groups in total. The molecule has 1 heterocycles. The fourth-order valence-corrected chi connectivity index (χ4v) is 2.51. The Balaban J connectivity index is 2.07. The Morgan fingerprint density at radius 2 is 2.00 bits per heavy atom. The second kappa shape index (κ2) is 5.47. The molecule has 4 heteroatoms. The number of hydrogen-bond acceptors (Lipinski definition) is 2. The molecule has 2 atom stereocenters. The first kappa shape index (κ1) is 12.3. The van der Waals surface area contributed by atoms with Crippen LogP contribution < -0.4 is 5.32 Å². The van der Waals surface area contributed by atoms with E-state index in [1.54, 1.807) is 6.20 Å². The highest BCUT2D eigenvalue weighted by Gasteiger charge is 2.14. The van der Waals surface area contributed by atoms with Crippen LogP contribution >= 0.6 is 15.9 Å². The molecule has 17 heavy (non-hydrogen) atoms. The van der Waals surface area contributed by atoms with E-state index in [0.29, 0.717) is 0 Å². The summed E-state index contributed by atoms with van der Waals surface area (Å²) in [6.45, 7) is 4.26. The van der Waals surface area contributed by atoms with Gasteiger partial charge in [-0.1, -0.05) is 34.1 Å². The van der Waals surface area contributed by atoms with Gasteiger partial charge in [-0.3, -0.25) is 0 Å². The SMILES string of the molecule is C[C@H](N[C@H](C)c1ccccc1Br)c1ncc[nH]1. The third kappa shape index (κ3) is 2.96. The molecule has 1 aromatic carbocycles. The van der Waals surface area contributed by atoms with Gasteiger partial charge in [0.25, 0.3) is 0 Å². The molecule has 0 amide bonds. The highest BCUT2D eigenvalue weighted by molar-refractivity contribution is 9.10. The summed E-state index contributed by atoms with van der Waals surface area (Å²) in [7, 11) is 0. The fourth-order valence-electron chi connectivity index (χ4n) is 1.88. The maximum atomic E-state index is 4.26. The minimum Gasteiger partial charge on any atom is -0.347 e. The van der Waals surface area contributed by atoms with Crippen LogP contribution in [0.1, 0.15) is 37.3 Å². The van der Waals surface area contributed by atoms with E-state index in [4.69, 9.17) is 0 Å². The minimum atomic E-state index is 0.201. The zero-order chi connectivity index (χ0) is 12.3. The Morgan fingerprint density at radius 1 is 1.24 bits per heavy atom. The van der Waals surface area contributed by atoms with Crippen molar-refractivity contribution in [2.75, 3.05) is 0 Å². The number of nitrogens with zero attached hydrogens (tertiary/aromatic N) is 1. The first-order valence-corrected chi connectivity index (χ1v) is 6.47. The largest absolute Gasteiger partial charge is 0.347 e. The summed E-state index contributed by atoms with van der Waals surface area (Å²) in [6, 6.07) is 8.73. The van der Waals surface area contributed by atoms with Crippen molar-refractivity contribution in [1.29, 1.82) is 0 Å². The number of hydrogen-bond donors (Lipinski definition) is 2. The summed E-state index contributed by atoms with van der Waals surface area (Å²) in [6.07, 6.45) is 3.62. The van der Waals surface area contributed by atoms with Gasteiger partial charge < -0.3 is 10.3 Å². The van der Waals surface area contributed by atoms with Crippen molar-refractivity contribution in [2.24, 2.45) is 0 Å².